The molecule has 0 aliphatic rings. The third kappa shape index (κ3) is 0.796. The minimum Gasteiger partial charge on any atom is -0.446 e. The van der Waals surface area contributed by atoms with E-state index in [9.17, 15) is 0 Å². The Labute approximate surface area is 42.6 Å². The molecule has 7 heavy (non-hydrogen) atoms. The van der Waals surface area contributed by atoms with Crippen molar-refractivity contribution < 1.29 is 0 Å². The normalized spacial score (nSPS) is 9.29. The Kier molecular flexibility index (Phi) is 1.11. The van der Waals surface area contributed by atoms with Crippen LogP contribution in [0.5, 0.6) is 0 Å². The first kappa shape index (κ1) is 4.37. The zero-order valence-electron chi connectivity index (χ0n) is 4.26. The first-order valence-corrected chi connectivity index (χ1v) is 2.36. The predicted octanol–water partition coefficient (Wildman–Crippen LogP) is 0.601. The van der Waals surface area contributed by atoms with Crippen LogP contribution < -0.4 is 4.98 Å². The number of hydrogen-bond donors (Lipinski definition) is 0. The van der Waals surface area contributed by atoms with Crippen LogP contribution in [0.3, 0.4) is 0 Å². The molecule has 38 valence electrons. The fourth-order valence-corrected chi connectivity index (χ4v) is 0.455. The highest BCUT2D eigenvalue weighted by Gasteiger charge is 1.70. The summed E-state index contributed by atoms with van der Waals surface area (Å²) in [6, 6.07) is 0. The van der Waals surface area contributed by atoms with Gasteiger partial charge in [-0.05, 0) is 6.42 Å². The predicted molar refractivity (Wildman–Crippen MR) is 26.9 cm³/mol. The third-order valence-electron chi connectivity index (χ3n) is 0.830. The summed E-state index contributed by atoms with van der Waals surface area (Å²) in [6.45, 7) is 2.04. The molecule has 1 aromatic rings. The lowest BCUT2D eigenvalue weighted by Crippen LogP contribution is -1.81. The molecular weight excluding hydrogens is 88.1 g/mol. The fraction of sp³-hybridized carbons (Fsp3) is 0.400. The van der Waals surface area contributed by atoms with Gasteiger partial charge in [0.2, 0.25) is 0 Å². The van der Waals surface area contributed by atoms with Crippen LogP contribution in [0.15, 0.2) is 12.4 Å². The first-order valence-electron chi connectivity index (χ1n) is 2.36. The Morgan fingerprint density at radius 2 is 2.71 bits per heavy atom. The van der Waals surface area contributed by atoms with Gasteiger partial charge in [0, 0.05) is 0 Å². The highest BCUT2D eigenvalue weighted by Crippen LogP contribution is 1.83. The Morgan fingerprint density at radius 1 is 1.86 bits per heavy atom. The molecule has 0 saturated heterocycles. The monoisotopic (exact) mass is 95.1 g/mol. The van der Waals surface area contributed by atoms with E-state index in [1.807, 2.05) is 6.92 Å². The van der Waals surface area contributed by atoms with Crippen molar-refractivity contribution in [2.75, 3.05) is 0 Å². The van der Waals surface area contributed by atoms with E-state index >= 15 is 0 Å². The molecule has 0 bridgehead atoms. The minimum absolute atomic E-state index is 0.931. The van der Waals surface area contributed by atoms with Crippen molar-refractivity contribution in [3.05, 3.63) is 18.2 Å². The Balaban J connectivity index is 2.76. The number of aryl methyl sites for hydroxylation is 1. The van der Waals surface area contributed by atoms with E-state index in [1.54, 1.807) is 12.4 Å². The zero-order chi connectivity index (χ0) is 5.11. The van der Waals surface area contributed by atoms with Crippen LogP contribution in [0.4, 0.5) is 0 Å². The van der Waals surface area contributed by atoms with Crippen LogP contribution in [0.25, 0.3) is 0 Å². The van der Waals surface area contributed by atoms with Gasteiger partial charge < -0.3 is 9.97 Å². The summed E-state index contributed by atoms with van der Waals surface area (Å²) in [6.07, 6.45) is 4.35. The quantitative estimate of drug-likeness (QED) is 0.510. The van der Waals surface area contributed by atoms with Crippen molar-refractivity contribution in [2.45, 2.75) is 13.3 Å². The summed E-state index contributed by atoms with van der Waals surface area (Å²) < 4.78 is 0. The number of hydrogen-bond acceptors (Lipinski definition) is 1. The van der Waals surface area contributed by atoms with Crippen molar-refractivity contribution in [1.82, 2.24) is 9.97 Å². The van der Waals surface area contributed by atoms with Crippen molar-refractivity contribution in [3.8, 4) is 0 Å². The van der Waals surface area contributed by atoms with Crippen molar-refractivity contribution in [1.29, 1.82) is 0 Å². The average molecular weight is 95.1 g/mol. The second kappa shape index (κ2) is 1.78. The van der Waals surface area contributed by atoms with E-state index in [-0.39, 0.29) is 0 Å². The number of imidazole rings is 1. The lowest BCUT2D eigenvalue weighted by atomic mass is 10.5. The van der Waals surface area contributed by atoms with Crippen molar-refractivity contribution in [3.63, 3.8) is 0 Å². The molecule has 0 spiro atoms. The van der Waals surface area contributed by atoms with Crippen molar-refractivity contribution in [2.24, 2.45) is 0 Å². The van der Waals surface area contributed by atoms with Gasteiger partial charge in [0.05, 0.1) is 0 Å². The average Bonchev–Trinajstić information content (AvgIpc) is 2.14. The van der Waals surface area contributed by atoms with Crippen LogP contribution in [-0.4, -0.2) is 4.98 Å². The van der Waals surface area contributed by atoms with Gasteiger partial charge in [-0.25, -0.2) is 0 Å². The molecule has 0 saturated carbocycles. The maximum absolute atomic E-state index is 3.92. The van der Waals surface area contributed by atoms with Gasteiger partial charge in [-0.3, -0.25) is 0 Å². The molecule has 0 fully saturated rings. The molecule has 0 N–H and O–H groups in total. The van der Waals surface area contributed by atoms with Crippen LogP contribution in [0.1, 0.15) is 12.7 Å². The molecule has 0 aromatic carbocycles. The molecule has 0 amide bonds. The van der Waals surface area contributed by atoms with Crippen LogP contribution in [0, 0.1) is 0 Å². The largest absolute Gasteiger partial charge is 0.446 e. The zero-order valence-corrected chi connectivity index (χ0v) is 4.26. The first-order chi connectivity index (χ1) is 3.43. The van der Waals surface area contributed by atoms with Crippen LogP contribution in [-0.2, 0) is 6.42 Å². The van der Waals surface area contributed by atoms with Gasteiger partial charge in [-0.2, -0.15) is 0 Å². The molecule has 2 heteroatoms. The summed E-state index contributed by atoms with van der Waals surface area (Å²) in [7, 11) is 0. The number of nitrogens with zero attached hydrogens (tertiary/aromatic N) is 2. The summed E-state index contributed by atoms with van der Waals surface area (Å²) in [4.78, 5) is 7.85. The van der Waals surface area contributed by atoms with Gasteiger partial charge in [-0.15, -0.1) is 0 Å². The van der Waals surface area contributed by atoms with E-state index in [0.717, 1.165) is 12.2 Å². The molecule has 0 aliphatic heterocycles. The SMILES string of the molecule is CCc1ncc[n-]1. The van der Waals surface area contributed by atoms with E-state index in [0.29, 0.717) is 0 Å². The highest BCUT2D eigenvalue weighted by atomic mass is 14.9. The topological polar surface area (TPSA) is 27.0 Å². The van der Waals surface area contributed by atoms with Gasteiger partial charge in [0.15, 0.2) is 0 Å². The molecule has 2 nitrogen and oxygen atoms in total. The van der Waals surface area contributed by atoms with Gasteiger partial charge >= 0.3 is 0 Å². The second-order valence-corrected chi connectivity index (χ2v) is 1.33. The lowest BCUT2D eigenvalue weighted by Gasteiger charge is -1.92. The second-order valence-electron chi connectivity index (χ2n) is 1.33. The summed E-state index contributed by atoms with van der Waals surface area (Å²) in [5, 5.41) is 0. The number of rotatable bonds is 1. The standard InChI is InChI=1S/C5H7N2/c1-2-5-6-3-4-7-5/h3-4H,2H2,1H3/q-1. The molecular formula is C5H7N2-. The van der Waals surface area contributed by atoms with Crippen LogP contribution in [0.2, 0.25) is 0 Å². The molecule has 1 heterocycles. The van der Waals surface area contributed by atoms with Gasteiger partial charge in [-0.1, -0.05) is 25.1 Å². The van der Waals surface area contributed by atoms with E-state index in [2.05, 4.69) is 9.97 Å². The highest BCUT2D eigenvalue weighted by molar-refractivity contribution is 4.84. The molecule has 0 aliphatic carbocycles. The summed E-state index contributed by atoms with van der Waals surface area (Å²) in [5.74, 6) is 0.931. The van der Waals surface area contributed by atoms with E-state index < -0.39 is 0 Å². The Hall–Kier alpha value is -0.790. The third-order valence-corrected chi connectivity index (χ3v) is 0.830. The molecule has 1 rings (SSSR count). The van der Waals surface area contributed by atoms with Crippen molar-refractivity contribution >= 4 is 0 Å². The Bertz CT molecular complexity index is 121. The van der Waals surface area contributed by atoms with Gasteiger partial charge in [0.25, 0.3) is 0 Å². The number of aromatic nitrogens is 2. The molecule has 0 atom stereocenters. The van der Waals surface area contributed by atoms with E-state index in [4.69, 9.17) is 0 Å². The minimum atomic E-state index is 0.931. The summed E-state index contributed by atoms with van der Waals surface area (Å²) in [5.41, 5.74) is 0. The Morgan fingerprint density at radius 3 is 3.00 bits per heavy atom. The maximum atomic E-state index is 3.92. The maximum Gasteiger partial charge on any atom is -0.0386 e. The lowest BCUT2D eigenvalue weighted by molar-refractivity contribution is 0.979. The smallest absolute Gasteiger partial charge is 0.0386 e. The van der Waals surface area contributed by atoms with Crippen LogP contribution >= 0.6 is 0 Å². The van der Waals surface area contributed by atoms with Gasteiger partial charge in [0.1, 0.15) is 0 Å². The molecule has 0 unspecified atom stereocenters. The fourth-order valence-electron chi connectivity index (χ4n) is 0.455. The molecule has 1 aromatic heterocycles. The summed E-state index contributed by atoms with van der Waals surface area (Å²) >= 11 is 0. The van der Waals surface area contributed by atoms with E-state index in [1.165, 1.54) is 0 Å². The molecule has 0 radical (unpaired) electrons.